The molecule has 0 saturated heterocycles. The summed E-state index contributed by atoms with van der Waals surface area (Å²) < 4.78 is 5.57. The monoisotopic (exact) mass is 225 g/mol. The zero-order valence-corrected chi connectivity index (χ0v) is 9.76. The van der Waals surface area contributed by atoms with Gasteiger partial charge in [0.25, 0.3) is 0 Å². The molecule has 1 heterocycles. The molecule has 0 saturated carbocycles. The Bertz CT molecular complexity index is 340. The van der Waals surface area contributed by atoms with E-state index in [1.54, 1.807) is 0 Å². The third-order valence-electron chi connectivity index (χ3n) is 2.75. The Morgan fingerprint density at radius 3 is 3.13 bits per heavy atom. The van der Waals surface area contributed by atoms with Crippen LogP contribution in [-0.2, 0) is 6.42 Å². The molecule has 15 heavy (non-hydrogen) atoms. The molecule has 0 unspecified atom stereocenters. The second kappa shape index (κ2) is 4.75. The molecule has 1 aliphatic heterocycles. The molecule has 0 fully saturated rings. The van der Waals surface area contributed by atoms with Gasteiger partial charge >= 0.3 is 0 Å². The molecule has 0 radical (unpaired) electrons. The lowest BCUT2D eigenvalue weighted by atomic mass is 10.1. The van der Waals surface area contributed by atoms with Crippen molar-refractivity contribution in [2.45, 2.75) is 12.8 Å². The van der Waals surface area contributed by atoms with Crippen LogP contribution < -0.4 is 9.64 Å². The van der Waals surface area contributed by atoms with Gasteiger partial charge in [-0.25, -0.2) is 0 Å². The zero-order chi connectivity index (χ0) is 10.7. The predicted octanol–water partition coefficient (Wildman–Crippen LogP) is 2.69. The summed E-state index contributed by atoms with van der Waals surface area (Å²) in [6.45, 7) is 1.73. The van der Waals surface area contributed by atoms with Crippen molar-refractivity contribution < 1.29 is 4.74 Å². The van der Waals surface area contributed by atoms with Crippen LogP contribution in [0.25, 0.3) is 0 Å². The standard InChI is InChI=1S/C12H16ClNO/c1-14(7-6-13)11-4-5-12-10(9-11)3-2-8-15-12/h4-5,9H,2-3,6-8H2,1H3. The molecule has 2 rings (SSSR count). The van der Waals surface area contributed by atoms with Gasteiger partial charge in [0.05, 0.1) is 6.61 Å². The Kier molecular flexibility index (Phi) is 3.37. The molecule has 0 bridgehead atoms. The van der Waals surface area contributed by atoms with Crippen LogP contribution in [0.3, 0.4) is 0 Å². The summed E-state index contributed by atoms with van der Waals surface area (Å²) in [5, 5.41) is 0. The highest BCUT2D eigenvalue weighted by molar-refractivity contribution is 6.18. The van der Waals surface area contributed by atoms with Crippen LogP contribution in [0.2, 0.25) is 0 Å². The van der Waals surface area contributed by atoms with Crippen molar-refractivity contribution in [3.8, 4) is 5.75 Å². The van der Waals surface area contributed by atoms with E-state index in [-0.39, 0.29) is 0 Å². The number of hydrogen-bond acceptors (Lipinski definition) is 2. The fourth-order valence-corrected chi connectivity index (χ4v) is 2.09. The minimum atomic E-state index is 0.657. The van der Waals surface area contributed by atoms with Crippen molar-refractivity contribution in [3.05, 3.63) is 23.8 Å². The number of rotatable bonds is 3. The first-order valence-electron chi connectivity index (χ1n) is 5.34. The van der Waals surface area contributed by atoms with Gasteiger partial charge in [-0.1, -0.05) is 0 Å². The number of anilines is 1. The van der Waals surface area contributed by atoms with Crippen molar-refractivity contribution in [2.24, 2.45) is 0 Å². The van der Waals surface area contributed by atoms with E-state index in [2.05, 4.69) is 30.1 Å². The average molecular weight is 226 g/mol. The fraction of sp³-hybridized carbons (Fsp3) is 0.500. The molecule has 1 aromatic rings. The molecule has 3 heteroatoms. The number of hydrogen-bond donors (Lipinski definition) is 0. The highest BCUT2D eigenvalue weighted by Crippen LogP contribution is 2.28. The van der Waals surface area contributed by atoms with Crippen molar-refractivity contribution >= 4 is 17.3 Å². The topological polar surface area (TPSA) is 12.5 Å². The van der Waals surface area contributed by atoms with Crippen molar-refractivity contribution in [3.63, 3.8) is 0 Å². The second-order valence-electron chi connectivity index (χ2n) is 3.85. The lowest BCUT2D eigenvalue weighted by molar-refractivity contribution is 0.288. The van der Waals surface area contributed by atoms with E-state index < -0.39 is 0 Å². The lowest BCUT2D eigenvalue weighted by Crippen LogP contribution is -2.20. The van der Waals surface area contributed by atoms with Gasteiger partial charge in [-0.05, 0) is 36.6 Å². The van der Waals surface area contributed by atoms with Crippen LogP contribution in [0.1, 0.15) is 12.0 Å². The Morgan fingerprint density at radius 1 is 1.47 bits per heavy atom. The Hall–Kier alpha value is -0.890. The molecule has 2 nitrogen and oxygen atoms in total. The van der Waals surface area contributed by atoms with E-state index in [4.69, 9.17) is 16.3 Å². The maximum atomic E-state index is 5.72. The van der Waals surface area contributed by atoms with Gasteiger partial charge in [-0.2, -0.15) is 0 Å². The molecule has 0 N–H and O–H groups in total. The third kappa shape index (κ3) is 2.37. The van der Waals surface area contributed by atoms with Gasteiger partial charge in [0.1, 0.15) is 5.75 Å². The predicted molar refractivity (Wildman–Crippen MR) is 64.2 cm³/mol. The molecule has 0 spiro atoms. The van der Waals surface area contributed by atoms with Crippen molar-refractivity contribution in [1.29, 1.82) is 0 Å². The number of halogens is 1. The van der Waals surface area contributed by atoms with Crippen molar-refractivity contribution in [2.75, 3.05) is 31.0 Å². The Labute approximate surface area is 95.8 Å². The number of alkyl halides is 1. The van der Waals surface area contributed by atoms with Crippen LogP contribution in [0.15, 0.2) is 18.2 Å². The number of nitrogens with zero attached hydrogens (tertiary/aromatic N) is 1. The van der Waals surface area contributed by atoms with Crippen LogP contribution in [0, 0.1) is 0 Å². The Morgan fingerprint density at radius 2 is 2.33 bits per heavy atom. The number of aryl methyl sites for hydroxylation is 1. The molecule has 0 aliphatic carbocycles. The average Bonchev–Trinajstić information content (AvgIpc) is 2.29. The molecule has 1 aromatic carbocycles. The van der Waals surface area contributed by atoms with Gasteiger partial charge in [-0.3, -0.25) is 0 Å². The number of benzene rings is 1. The molecule has 0 amide bonds. The van der Waals surface area contributed by atoms with Crippen LogP contribution in [0.5, 0.6) is 5.75 Å². The smallest absolute Gasteiger partial charge is 0.122 e. The van der Waals surface area contributed by atoms with Gasteiger partial charge in [0, 0.05) is 25.2 Å². The first kappa shape index (κ1) is 10.6. The normalized spacial score (nSPS) is 14.3. The van der Waals surface area contributed by atoms with E-state index in [9.17, 15) is 0 Å². The molecule has 1 aliphatic rings. The van der Waals surface area contributed by atoms with E-state index in [0.29, 0.717) is 5.88 Å². The van der Waals surface area contributed by atoms with Crippen LogP contribution >= 0.6 is 11.6 Å². The first-order valence-corrected chi connectivity index (χ1v) is 5.87. The minimum Gasteiger partial charge on any atom is -0.493 e. The first-order chi connectivity index (χ1) is 7.31. The summed E-state index contributed by atoms with van der Waals surface area (Å²) in [5.41, 5.74) is 2.54. The van der Waals surface area contributed by atoms with E-state index >= 15 is 0 Å². The molecule has 0 atom stereocenters. The van der Waals surface area contributed by atoms with Crippen LogP contribution in [-0.4, -0.2) is 26.1 Å². The highest BCUT2D eigenvalue weighted by Gasteiger charge is 2.11. The van der Waals surface area contributed by atoms with Gasteiger partial charge < -0.3 is 9.64 Å². The maximum absolute atomic E-state index is 5.72. The van der Waals surface area contributed by atoms with E-state index in [1.165, 1.54) is 11.3 Å². The summed E-state index contributed by atoms with van der Waals surface area (Å²) in [6.07, 6.45) is 2.24. The van der Waals surface area contributed by atoms with Crippen molar-refractivity contribution in [1.82, 2.24) is 0 Å². The van der Waals surface area contributed by atoms with Gasteiger partial charge in [0.2, 0.25) is 0 Å². The van der Waals surface area contributed by atoms with Gasteiger partial charge in [-0.15, -0.1) is 11.6 Å². The summed E-state index contributed by atoms with van der Waals surface area (Å²) in [4.78, 5) is 2.17. The molecular formula is C12H16ClNO. The van der Waals surface area contributed by atoms with E-state index in [0.717, 1.165) is 31.7 Å². The summed E-state index contributed by atoms with van der Waals surface area (Å²) in [7, 11) is 2.06. The SMILES string of the molecule is CN(CCCl)c1ccc2c(c1)CCCO2. The fourth-order valence-electron chi connectivity index (χ4n) is 1.84. The molecule has 82 valence electrons. The van der Waals surface area contributed by atoms with E-state index in [1.807, 2.05) is 0 Å². The summed E-state index contributed by atoms with van der Waals surface area (Å²) >= 11 is 5.72. The second-order valence-corrected chi connectivity index (χ2v) is 4.23. The zero-order valence-electron chi connectivity index (χ0n) is 9.00. The quantitative estimate of drug-likeness (QED) is 0.734. The number of ether oxygens (including phenoxy) is 1. The van der Waals surface area contributed by atoms with Gasteiger partial charge in [0.15, 0.2) is 0 Å². The summed E-state index contributed by atoms with van der Waals surface area (Å²) in [5.74, 6) is 1.70. The number of fused-ring (bicyclic) bond motifs is 1. The summed E-state index contributed by atoms with van der Waals surface area (Å²) in [6, 6.07) is 6.37. The minimum absolute atomic E-state index is 0.657. The van der Waals surface area contributed by atoms with Crippen LogP contribution in [0.4, 0.5) is 5.69 Å². The highest BCUT2D eigenvalue weighted by atomic mass is 35.5. The molecular weight excluding hydrogens is 210 g/mol. The maximum Gasteiger partial charge on any atom is 0.122 e. The third-order valence-corrected chi connectivity index (χ3v) is 2.92. The lowest BCUT2D eigenvalue weighted by Gasteiger charge is -2.22. The largest absolute Gasteiger partial charge is 0.493 e. The molecule has 0 aromatic heterocycles. The Balaban J connectivity index is 2.20.